The Kier molecular flexibility index (Phi) is 4.96. The first-order valence-corrected chi connectivity index (χ1v) is 7.30. The van der Waals surface area contributed by atoms with Crippen LogP contribution >= 0.6 is 11.3 Å². The number of hydrogen-bond acceptors (Lipinski definition) is 3. The van der Waals surface area contributed by atoms with Crippen LogP contribution in [0.5, 0.6) is 0 Å². The molecule has 1 unspecified atom stereocenters. The van der Waals surface area contributed by atoms with E-state index in [0.717, 1.165) is 37.9 Å². The zero-order valence-electron chi connectivity index (χ0n) is 10.7. The molecular weight excluding hydrogens is 244 g/mol. The molecule has 0 radical (unpaired) electrons. The summed E-state index contributed by atoms with van der Waals surface area (Å²) in [6.45, 7) is 0. The summed E-state index contributed by atoms with van der Waals surface area (Å²) in [5, 5.41) is 12.0. The minimum absolute atomic E-state index is 0.207. The van der Waals surface area contributed by atoms with Crippen molar-refractivity contribution in [2.45, 2.75) is 38.2 Å². The van der Waals surface area contributed by atoms with Crippen molar-refractivity contribution in [1.82, 2.24) is 9.55 Å². The summed E-state index contributed by atoms with van der Waals surface area (Å²) in [4.78, 5) is 5.67. The van der Waals surface area contributed by atoms with Gasteiger partial charge in [-0.3, -0.25) is 0 Å². The van der Waals surface area contributed by atoms with Crippen LogP contribution in [0, 0.1) is 0 Å². The Hall–Kier alpha value is -1.13. The average Bonchev–Trinajstić information content (AvgIpc) is 2.98. The van der Waals surface area contributed by atoms with E-state index < -0.39 is 0 Å². The van der Waals surface area contributed by atoms with Crippen LogP contribution in [0.15, 0.2) is 29.9 Å². The third kappa shape index (κ3) is 3.96. The van der Waals surface area contributed by atoms with Gasteiger partial charge >= 0.3 is 0 Å². The van der Waals surface area contributed by atoms with Gasteiger partial charge in [-0.25, -0.2) is 4.98 Å². The largest absolute Gasteiger partial charge is 0.393 e. The molecule has 0 saturated carbocycles. The van der Waals surface area contributed by atoms with Crippen LogP contribution in [0.4, 0.5) is 0 Å². The highest BCUT2D eigenvalue weighted by Gasteiger charge is 2.07. The molecule has 4 heteroatoms. The van der Waals surface area contributed by atoms with E-state index >= 15 is 0 Å². The molecule has 3 nitrogen and oxygen atoms in total. The molecule has 2 aromatic rings. The molecule has 98 valence electrons. The first-order valence-electron chi connectivity index (χ1n) is 6.42. The second-order valence-electron chi connectivity index (χ2n) is 4.62. The molecule has 0 aliphatic heterocycles. The number of thiophene rings is 1. The van der Waals surface area contributed by atoms with Gasteiger partial charge in [0.05, 0.1) is 6.10 Å². The van der Waals surface area contributed by atoms with Crippen LogP contribution in [-0.2, 0) is 19.9 Å². The van der Waals surface area contributed by atoms with Crippen molar-refractivity contribution in [3.05, 3.63) is 40.6 Å². The topological polar surface area (TPSA) is 38.0 Å². The Morgan fingerprint density at radius 2 is 2.28 bits per heavy atom. The number of imidazole rings is 1. The van der Waals surface area contributed by atoms with Gasteiger partial charge < -0.3 is 9.67 Å². The molecule has 0 aliphatic rings. The summed E-state index contributed by atoms with van der Waals surface area (Å²) in [5.74, 6) is 1.05. The van der Waals surface area contributed by atoms with Crippen LogP contribution in [0.25, 0.3) is 0 Å². The van der Waals surface area contributed by atoms with E-state index in [2.05, 4.69) is 22.5 Å². The standard InChI is InChI=1S/C14H20N2OS/c1-16-10-9-15-14(16)8-7-12(17)4-2-5-13-6-3-11-18-13/h3,6,9-12,17H,2,4-5,7-8H2,1H3. The first kappa shape index (κ1) is 13.3. The predicted octanol–water partition coefficient (Wildman–Crippen LogP) is 2.80. The van der Waals surface area contributed by atoms with Gasteiger partial charge in [-0.05, 0) is 37.1 Å². The fourth-order valence-electron chi connectivity index (χ4n) is 2.04. The normalized spacial score (nSPS) is 12.8. The fourth-order valence-corrected chi connectivity index (χ4v) is 2.80. The van der Waals surface area contributed by atoms with Crippen LogP contribution in [0.3, 0.4) is 0 Å². The molecule has 0 spiro atoms. The summed E-state index contributed by atoms with van der Waals surface area (Å²) >= 11 is 1.79. The maximum absolute atomic E-state index is 9.93. The van der Waals surface area contributed by atoms with E-state index in [1.807, 2.05) is 17.8 Å². The highest BCUT2D eigenvalue weighted by atomic mass is 32.1. The summed E-state index contributed by atoms with van der Waals surface area (Å²) in [5.41, 5.74) is 0. The summed E-state index contributed by atoms with van der Waals surface area (Å²) < 4.78 is 2.01. The number of hydrogen-bond donors (Lipinski definition) is 1. The van der Waals surface area contributed by atoms with Gasteiger partial charge in [0.15, 0.2) is 0 Å². The van der Waals surface area contributed by atoms with Crippen molar-refractivity contribution in [2.75, 3.05) is 0 Å². The van der Waals surface area contributed by atoms with Crippen molar-refractivity contribution in [3.8, 4) is 0 Å². The van der Waals surface area contributed by atoms with Crippen LogP contribution in [0.1, 0.15) is 30.0 Å². The van der Waals surface area contributed by atoms with E-state index in [-0.39, 0.29) is 6.10 Å². The summed E-state index contributed by atoms with van der Waals surface area (Å²) in [6.07, 6.45) is 8.21. The molecule has 0 aromatic carbocycles. The first-order chi connectivity index (χ1) is 8.75. The second-order valence-corrected chi connectivity index (χ2v) is 5.65. The quantitative estimate of drug-likeness (QED) is 0.835. The van der Waals surface area contributed by atoms with E-state index in [1.165, 1.54) is 4.88 Å². The third-order valence-electron chi connectivity index (χ3n) is 3.16. The molecule has 0 amide bonds. The van der Waals surface area contributed by atoms with Crippen molar-refractivity contribution >= 4 is 11.3 Å². The number of aliphatic hydroxyl groups is 1. The molecule has 1 atom stereocenters. The van der Waals surface area contributed by atoms with Gasteiger partial charge in [0.25, 0.3) is 0 Å². The lowest BCUT2D eigenvalue weighted by molar-refractivity contribution is 0.151. The van der Waals surface area contributed by atoms with E-state index in [1.54, 1.807) is 17.5 Å². The Morgan fingerprint density at radius 1 is 1.39 bits per heavy atom. The van der Waals surface area contributed by atoms with Crippen LogP contribution in [-0.4, -0.2) is 20.8 Å². The van der Waals surface area contributed by atoms with Gasteiger partial charge in [0.1, 0.15) is 5.82 Å². The number of aromatic nitrogens is 2. The molecule has 0 fully saturated rings. The number of aryl methyl sites for hydroxylation is 3. The lowest BCUT2D eigenvalue weighted by Gasteiger charge is -2.09. The van der Waals surface area contributed by atoms with Crippen LogP contribution in [0.2, 0.25) is 0 Å². The van der Waals surface area contributed by atoms with Crippen molar-refractivity contribution in [1.29, 1.82) is 0 Å². The van der Waals surface area contributed by atoms with E-state index in [9.17, 15) is 5.11 Å². The monoisotopic (exact) mass is 264 g/mol. The third-order valence-corrected chi connectivity index (χ3v) is 4.10. The van der Waals surface area contributed by atoms with Gasteiger partial charge in [-0.15, -0.1) is 11.3 Å². The molecule has 0 saturated heterocycles. The zero-order valence-corrected chi connectivity index (χ0v) is 11.6. The maximum atomic E-state index is 9.93. The molecule has 1 N–H and O–H groups in total. The van der Waals surface area contributed by atoms with E-state index in [0.29, 0.717) is 0 Å². The van der Waals surface area contributed by atoms with E-state index in [4.69, 9.17) is 0 Å². The number of nitrogens with zero attached hydrogens (tertiary/aromatic N) is 2. The summed E-state index contributed by atoms with van der Waals surface area (Å²) in [6, 6.07) is 4.24. The maximum Gasteiger partial charge on any atom is 0.108 e. The zero-order chi connectivity index (χ0) is 12.8. The minimum Gasteiger partial charge on any atom is -0.393 e. The average molecular weight is 264 g/mol. The second kappa shape index (κ2) is 6.71. The Morgan fingerprint density at radius 3 is 2.94 bits per heavy atom. The van der Waals surface area contributed by atoms with Crippen molar-refractivity contribution < 1.29 is 5.11 Å². The lowest BCUT2D eigenvalue weighted by atomic mass is 10.1. The molecule has 0 aliphatic carbocycles. The molecule has 2 rings (SSSR count). The van der Waals surface area contributed by atoms with Gasteiger partial charge in [0.2, 0.25) is 0 Å². The molecular formula is C14H20N2OS. The van der Waals surface area contributed by atoms with Gasteiger partial charge in [0, 0.05) is 30.7 Å². The highest BCUT2D eigenvalue weighted by Crippen LogP contribution is 2.14. The fraction of sp³-hybridized carbons (Fsp3) is 0.500. The lowest BCUT2D eigenvalue weighted by Crippen LogP contribution is -2.10. The Bertz CT molecular complexity index is 450. The minimum atomic E-state index is -0.207. The predicted molar refractivity (Wildman–Crippen MR) is 74.8 cm³/mol. The smallest absolute Gasteiger partial charge is 0.108 e. The van der Waals surface area contributed by atoms with Crippen molar-refractivity contribution in [2.24, 2.45) is 7.05 Å². The SMILES string of the molecule is Cn1ccnc1CCC(O)CCCc1cccs1. The number of aliphatic hydroxyl groups excluding tert-OH is 1. The molecule has 18 heavy (non-hydrogen) atoms. The van der Waals surface area contributed by atoms with Crippen molar-refractivity contribution in [3.63, 3.8) is 0 Å². The van der Waals surface area contributed by atoms with Crippen LogP contribution < -0.4 is 0 Å². The van der Waals surface area contributed by atoms with Gasteiger partial charge in [-0.1, -0.05) is 6.07 Å². The molecule has 2 aromatic heterocycles. The number of rotatable bonds is 7. The van der Waals surface area contributed by atoms with Gasteiger partial charge in [-0.2, -0.15) is 0 Å². The Labute approximate surface area is 112 Å². The molecule has 0 bridgehead atoms. The molecule has 2 heterocycles. The summed E-state index contributed by atoms with van der Waals surface area (Å²) in [7, 11) is 1.99. The Balaban J connectivity index is 1.63. The highest BCUT2D eigenvalue weighted by molar-refractivity contribution is 7.09.